The lowest BCUT2D eigenvalue weighted by Gasteiger charge is -2.35. The molecule has 2 aromatic heterocycles. The van der Waals surface area contributed by atoms with Crippen LogP contribution in [0, 0.1) is 6.92 Å². The summed E-state index contributed by atoms with van der Waals surface area (Å²) >= 11 is 1.63. The molecule has 0 saturated carbocycles. The van der Waals surface area contributed by atoms with Gasteiger partial charge in [0.1, 0.15) is 29.1 Å². The molecule has 4 heterocycles. The van der Waals surface area contributed by atoms with E-state index < -0.39 is 0 Å². The number of likely N-dealkylation sites (N-methyl/N-ethyl adjacent to an activating group) is 1. The second-order valence-electron chi connectivity index (χ2n) is 6.60. The highest BCUT2D eigenvalue weighted by molar-refractivity contribution is 7.09. The third-order valence-corrected chi connectivity index (χ3v) is 5.78. The zero-order valence-corrected chi connectivity index (χ0v) is 15.8. The zero-order chi connectivity index (χ0) is 18.1. The molecule has 2 aliphatic heterocycles. The van der Waals surface area contributed by atoms with Gasteiger partial charge in [-0.3, -0.25) is 4.79 Å². The van der Waals surface area contributed by atoms with Crippen LogP contribution >= 0.6 is 11.3 Å². The van der Waals surface area contributed by atoms with E-state index >= 15 is 0 Å². The maximum atomic E-state index is 12.0. The van der Waals surface area contributed by atoms with E-state index in [1.165, 1.54) is 0 Å². The first kappa shape index (κ1) is 17.2. The van der Waals surface area contributed by atoms with E-state index in [-0.39, 0.29) is 12.0 Å². The lowest BCUT2D eigenvalue weighted by Crippen LogP contribution is -2.49. The van der Waals surface area contributed by atoms with E-state index in [1.54, 1.807) is 22.6 Å². The van der Waals surface area contributed by atoms with Crippen LogP contribution in [-0.2, 0) is 9.53 Å². The maximum absolute atomic E-state index is 12.0. The molecule has 2 saturated heterocycles. The predicted molar refractivity (Wildman–Crippen MR) is 99.6 cm³/mol. The Balaban J connectivity index is 1.50. The van der Waals surface area contributed by atoms with Gasteiger partial charge in [-0.15, -0.1) is 11.3 Å². The Morgan fingerprint density at radius 3 is 2.73 bits per heavy atom. The molecule has 8 nitrogen and oxygen atoms in total. The summed E-state index contributed by atoms with van der Waals surface area (Å²) in [5.41, 5.74) is 1.02. The number of anilines is 2. The SMILES string of the molecule is Cc1csc(C2CN(c3cc(N4CCN(C)C(=O)C4)ncn3)CCO2)n1. The molecule has 0 N–H and O–H groups in total. The second kappa shape index (κ2) is 7.16. The minimum absolute atomic E-state index is 0.0360. The number of morpholine rings is 1. The topological polar surface area (TPSA) is 74.7 Å². The van der Waals surface area contributed by atoms with Crippen LogP contribution in [0.3, 0.4) is 0 Å². The van der Waals surface area contributed by atoms with Gasteiger partial charge in [-0.2, -0.15) is 0 Å². The van der Waals surface area contributed by atoms with E-state index in [1.807, 2.05) is 30.3 Å². The van der Waals surface area contributed by atoms with Gasteiger partial charge < -0.3 is 19.4 Å². The summed E-state index contributed by atoms with van der Waals surface area (Å²) in [5.74, 6) is 1.77. The van der Waals surface area contributed by atoms with Gasteiger partial charge in [0, 0.05) is 43.8 Å². The van der Waals surface area contributed by atoms with Crippen molar-refractivity contribution < 1.29 is 9.53 Å². The van der Waals surface area contributed by atoms with Gasteiger partial charge in [0.2, 0.25) is 5.91 Å². The Labute approximate surface area is 156 Å². The van der Waals surface area contributed by atoms with Gasteiger partial charge in [-0.25, -0.2) is 15.0 Å². The molecule has 0 bridgehead atoms. The molecule has 138 valence electrons. The number of aryl methyl sites for hydroxylation is 1. The lowest BCUT2D eigenvalue weighted by molar-refractivity contribution is -0.129. The average molecular weight is 374 g/mol. The first-order valence-corrected chi connectivity index (χ1v) is 9.57. The number of piperazine rings is 1. The predicted octanol–water partition coefficient (Wildman–Crippen LogP) is 1.10. The number of hydrogen-bond acceptors (Lipinski definition) is 8. The van der Waals surface area contributed by atoms with Crippen molar-refractivity contribution in [2.45, 2.75) is 13.0 Å². The van der Waals surface area contributed by atoms with Crippen LogP contribution in [-0.4, -0.2) is 72.1 Å². The van der Waals surface area contributed by atoms with Crippen molar-refractivity contribution in [1.29, 1.82) is 0 Å². The minimum Gasteiger partial charge on any atom is -0.367 e. The molecular formula is C17H22N6O2S. The molecule has 26 heavy (non-hydrogen) atoms. The van der Waals surface area contributed by atoms with Crippen molar-refractivity contribution in [2.75, 3.05) is 56.2 Å². The second-order valence-corrected chi connectivity index (χ2v) is 7.49. The fourth-order valence-electron chi connectivity index (χ4n) is 3.16. The number of ether oxygens (including phenoxy) is 1. The molecule has 2 fully saturated rings. The van der Waals surface area contributed by atoms with Crippen molar-refractivity contribution >= 4 is 28.9 Å². The number of hydrogen-bond donors (Lipinski definition) is 0. The number of nitrogens with zero attached hydrogens (tertiary/aromatic N) is 6. The van der Waals surface area contributed by atoms with Crippen molar-refractivity contribution in [3.8, 4) is 0 Å². The summed E-state index contributed by atoms with van der Waals surface area (Å²) < 4.78 is 5.90. The minimum atomic E-state index is -0.0360. The molecule has 0 spiro atoms. The van der Waals surface area contributed by atoms with Gasteiger partial charge in [0.15, 0.2) is 0 Å². The van der Waals surface area contributed by atoms with Crippen molar-refractivity contribution in [2.24, 2.45) is 0 Å². The van der Waals surface area contributed by atoms with Crippen LogP contribution in [0.2, 0.25) is 0 Å². The Morgan fingerprint density at radius 2 is 2.00 bits per heavy atom. The third kappa shape index (κ3) is 3.49. The molecule has 0 radical (unpaired) electrons. The molecule has 1 atom stereocenters. The van der Waals surface area contributed by atoms with E-state index in [0.717, 1.165) is 35.4 Å². The van der Waals surface area contributed by atoms with Crippen molar-refractivity contribution in [1.82, 2.24) is 19.9 Å². The van der Waals surface area contributed by atoms with Crippen LogP contribution in [0.25, 0.3) is 0 Å². The molecule has 0 aromatic carbocycles. The average Bonchev–Trinajstić information content (AvgIpc) is 3.11. The monoisotopic (exact) mass is 374 g/mol. The molecule has 1 unspecified atom stereocenters. The molecule has 0 aliphatic carbocycles. The molecule has 1 amide bonds. The normalized spacial score (nSPS) is 21.4. The van der Waals surface area contributed by atoms with Crippen LogP contribution < -0.4 is 9.80 Å². The quantitative estimate of drug-likeness (QED) is 0.796. The summed E-state index contributed by atoms with van der Waals surface area (Å²) in [4.78, 5) is 31.3. The Kier molecular flexibility index (Phi) is 4.73. The number of amides is 1. The standard InChI is InChI=1S/C17H22N6O2S/c1-12-10-26-17(20-12)13-8-23(5-6-25-13)15-7-14(18-11-19-15)22-4-3-21(2)16(24)9-22/h7,10-11,13H,3-6,8-9H2,1-2H3. The number of carbonyl (C=O) groups excluding carboxylic acids is 1. The number of carbonyl (C=O) groups is 1. The Bertz CT molecular complexity index is 797. The maximum Gasteiger partial charge on any atom is 0.241 e. The Morgan fingerprint density at radius 1 is 1.19 bits per heavy atom. The van der Waals surface area contributed by atoms with E-state index in [9.17, 15) is 4.79 Å². The van der Waals surface area contributed by atoms with Crippen LogP contribution in [0.15, 0.2) is 17.8 Å². The van der Waals surface area contributed by atoms with Gasteiger partial charge in [-0.05, 0) is 6.92 Å². The number of aromatic nitrogens is 3. The molecule has 4 rings (SSSR count). The lowest BCUT2D eigenvalue weighted by atomic mass is 10.2. The smallest absolute Gasteiger partial charge is 0.241 e. The molecule has 9 heteroatoms. The molecule has 2 aliphatic rings. The van der Waals surface area contributed by atoms with Crippen molar-refractivity contribution in [3.63, 3.8) is 0 Å². The van der Waals surface area contributed by atoms with Crippen LogP contribution in [0.1, 0.15) is 16.8 Å². The fourth-order valence-corrected chi connectivity index (χ4v) is 4.00. The summed E-state index contributed by atoms with van der Waals surface area (Å²) in [7, 11) is 1.83. The molecule has 2 aromatic rings. The third-order valence-electron chi connectivity index (χ3n) is 4.72. The van der Waals surface area contributed by atoms with Gasteiger partial charge in [-0.1, -0.05) is 0 Å². The summed E-state index contributed by atoms with van der Waals surface area (Å²) in [6, 6.07) is 1.97. The summed E-state index contributed by atoms with van der Waals surface area (Å²) in [6.45, 7) is 5.97. The van der Waals surface area contributed by atoms with E-state index in [4.69, 9.17) is 4.74 Å². The highest BCUT2D eigenvalue weighted by Gasteiger charge is 2.27. The zero-order valence-electron chi connectivity index (χ0n) is 15.0. The number of rotatable bonds is 3. The van der Waals surface area contributed by atoms with Crippen LogP contribution in [0.5, 0.6) is 0 Å². The first-order chi connectivity index (χ1) is 12.6. The fraction of sp³-hybridized carbons (Fsp3) is 0.529. The Hall–Kier alpha value is -2.26. The van der Waals surface area contributed by atoms with Gasteiger partial charge >= 0.3 is 0 Å². The first-order valence-electron chi connectivity index (χ1n) is 8.69. The highest BCUT2D eigenvalue weighted by Crippen LogP contribution is 2.28. The van der Waals surface area contributed by atoms with Crippen molar-refractivity contribution in [3.05, 3.63) is 28.5 Å². The van der Waals surface area contributed by atoms with E-state index in [2.05, 4.69) is 19.9 Å². The number of thiazole rings is 1. The van der Waals surface area contributed by atoms with Gasteiger partial charge in [0.05, 0.1) is 19.7 Å². The van der Waals surface area contributed by atoms with E-state index in [0.29, 0.717) is 26.2 Å². The highest BCUT2D eigenvalue weighted by atomic mass is 32.1. The summed E-state index contributed by atoms with van der Waals surface area (Å²) in [6.07, 6.45) is 1.54. The summed E-state index contributed by atoms with van der Waals surface area (Å²) in [5, 5.41) is 3.05. The largest absolute Gasteiger partial charge is 0.367 e. The van der Waals surface area contributed by atoms with Crippen LogP contribution in [0.4, 0.5) is 11.6 Å². The molecular weight excluding hydrogens is 352 g/mol. The van der Waals surface area contributed by atoms with Gasteiger partial charge in [0.25, 0.3) is 0 Å².